The van der Waals surface area contributed by atoms with Crippen LogP contribution in [0.4, 0.5) is 4.39 Å². The van der Waals surface area contributed by atoms with Crippen LogP contribution in [0.5, 0.6) is 0 Å². The summed E-state index contributed by atoms with van der Waals surface area (Å²) in [6, 6.07) is 11.4. The molecule has 4 nitrogen and oxygen atoms in total. The van der Waals surface area contributed by atoms with E-state index in [9.17, 15) is 14.0 Å². The van der Waals surface area contributed by atoms with Gasteiger partial charge in [0.25, 0.3) is 0 Å². The molecule has 0 bridgehead atoms. The van der Waals surface area contributed by atoms with Gasteiger partial charge in [0, 0.05) is 23.7 Å². The van der Waals surface area contributed by atoms with E-state index in [4.69, 9.17) is 11.6 Å². The van der Waals surface area contributed by atoms with Crippen molar-refractivity contribution in [3.05, 3.63) is 70.0 Å². The number of halogens is 2. The first kappa shape index (κ1) is 22.9. The molecule has 0 spiro atoms. The molecule has 156 valence electrons. The van der Waals surface area contributed by atoms with Crippen LogP contribution in [-0.4, -0.2) is 29.3 Å². The Morgan fingerprint density at radius 3 is 2.59 bits per heavy atom. The van der Waals surface area contributed by atoms with Gasteiger partial charge in [0.05, 0.1) is 6.42 Å². The second-order valence-corrected chi connectivity index (χ2v) is 7.62. The van der Waals surface area contributed by atoms with Crippen LogP contribution in [0.2, 0.25) is 5.02 Å². The lowest BCUT2D eigenvalue weighted by Crippen LogP contribution is -2.48. The van der Waals surface area contributed by atoms with E-state index < -0.39 is 11.9 Å². The maximum absolute atomic E-state index is 14.2. The van der Waals surface area contributed by atoms with Gasteiger partial charge in [-0.2, -0.15) is 0 Å². The van der Waals surface area contributed by atoms with Crippen molar-refractivity contribution in [3.8, 4) is 0 Å². The standard InChI is InChI=1S/C23H28ClFN2O2/c1-4-5-12-26-23(29)17(3)27(15-18-9-6-8-16(2)13-18)22(28)14-19-20(24)10-7-11-21(19)25/h6-11,13,17H,4-5,12,14-15H2,1-3H3,(H,26,29). The number of hydrogen-bond donors (Lipinski definition) is 1. The summed E-state index contributed by atoms with van der Waals surface area (Å²) in [6.45, 7) is 6.52. The van der Waals surface area contributed by atoms with Crippen molar-refractivity contribution >= 4 is 23.4 Å². The molecule has 2 rings (SSSR count). The summed E-state index contributed by atoms with van der Waals surface area (Å²) < 4.78 is 14.2. The minimum atomic E-state index is -0.689. The molecule has 0 saturated heterocycles. The zero-order valence-corrected chi connectivity index (χ0v) is 17.9. The number of carbonyl (C=O) groups excluding carboxylic acids is 2. The van der Waals surface area contributed by atoms with Crippen molar-refractivity contribution < 1.29 is 14.0 Å². The third-order valence-corrected chi connectivity index (χ3v) is 5.18. The molecular weight excluding hydrogens is 391 g/mol. The maximum Gasteiger partial charge on any atom is 0.242 e. The summed E-state index contributed by atoms with van der Waals surface area (Å²) in [6.07, 6.45) is 1.63. The molecule has 6 heteroatoms. The first-order valence-corrected chi connectivity index (χ1v) is 10.3. The molecule has 1 unspecified atom stereocenters. The third-order valence-electron chi connectivity index (χ3n) is 4.82. The SMILES string of the molecule is CCCCNC(=O)C(C)N(Cc1cccc(C)c1)C(=O)Cc1c(F)cccc1Cl. The van der Waals surface area contributed by atoms with Crippen LogP contribution in [0.1, 0.15) is 43.4 Å². The third kappa shape index (κ3) is 6.57. The Hall–Kier alpha value is -2.40. The lowest BCUT2D eigenvalue weighted by atomic mass is 10.1. The van der Waals surface area contributed by atoms with Crippen LogP contribution in [0.3, 0.4) is 0 Å². The van der Waals surface area contributed by atoms with Gasteiger partial charge in [-0.15, -0.1) is 0 Å². The Labute approximate surface area is 177 Å². The van der Waals surface area contributed by atoms with Gasteiger partial charge in [-0.3, -0.25) is 9.59 Å². The molecule has 0 aliphatic rings. The van der Waals surface area contributed by atoms with Crippen LogP contribution in [0.25, 0.3) is 0 Å². The fraction of sp³-hybridized carbons (Fsp3) is 0.391. The molecule has 29 heavy (non-hydrogen) atoms. The Kier molecular flexibility index (Phi) is 8.65. The molecular formula is C23H28ClFN2O2. The van der Waals surface area contributed by atoms with E-state index in [0.717, 1.165) is 24.0 Å². The minimum Gasteiger partial charge on any atom is -0.354 e. The fourth-order valence-electron chi connectivity index (χ4n) is 3.08. The molecule has 1 atom stereocenters. The molecule has 2 aromatic carbocycles. The van der Waals surface area contributed by atoms with Crippen molar-refractivity contribution in [1.82, 2.24) is 10.2 Å². The highest BCUT2D eigenvalue weighted by Crippen LogP contribution is 2.21. The number of nitrogens with one attached hydrogen (secondary N) is 1. The number of aryl methyl sites for hydroxylation is 1. The summed E-state index contributed by atoms with van der Waals surface area (Å²) >= 11 is 6.10. The molecule has 0 fully saturated rings. The van der Waals surface area contributed by atoms with E-state index in [0.29, 0.717) is 6.54 Å². The van der Waals surface area contributed by atoms with E-state index >= 15 is 0 Å². The van der Waals surface area contributed by atoms with E-state index in [2.05, 4.69) is 5.32 Å². The Bertz CT molecular complexity index is 836. The zero-order chi connectivity index (χ0) is 21.4. The smallest absolute Gasteiger partial charge is 0.242 e. The molecule has 2 aromatic rings. The van der Waals surface area contributed by atoms with Gasteiger partial charge in [0.15, 0.2) is 0 Å². The number of rotatable bonds is 9. The Morgan fingerprint density at radius 1 is 1.21 bits per heavy atom. The number of amides is 2. The minimum absolute atomic E-state index is 0.145. The van der Waals surface area contributed by atoms with Gasteiger partial charge in [0.1, 0.15) is 11.9 Å². The Morgan fingerprint density at radius 2 is 1.93 bits per heavy atom. The molecule has 1 N–H and O–H groups in total. The summed E-state index contributed by atoms with van der Waals surface area (Å²) in [5.41, 5.74) is 2.12. The van der Waals surface area contributed by atoms with E-state index in [1.54, 1.807) is 13.0 Å². The predicted octanol–water partition coefficient (Wildman–Crippen LogP) is 4.66. The van der Waals surface area contributed by atoms with Gasteiger partial charge >= 0.3 is 0 Å². The van der Waals surface area contributed by atoms with Crippen molar-refractivity contribution in [2.24, 2.45) is 0 Å². The van der Waals surface area contributed by atoms with Crippen LogP contribution in [0, 0.1) is 12.7 Å². The Balaban J connectivity index is 2.25. The van der Waals surface area contributed by atoms with Gasteiger partial charge in [-0.05, 0) is 38.0 Å². The van der Waals surface area contributed by atoms with Crippen LogP contribution >= 0.6 is 11.6 Å². The van der Waals surface area contributed by atoms with Crippen LogP contribution in [0.15, 0.2) is 42.5 Å². The lowest BCUT2D eigenvalue weighted by molar-refractivity contribution is -0.140. The number of benzene rings is 2. The average molecular weight is 419 g/mol. The first-order chi connectivity index (χ1) is 13.8. The summed E-state index contributed by atoms with van der Waals surface area (Å²) in [5.74, 6) is -1.10. The fourth-order valence-corrected chi connectivity index (χ4v) is 3.31. The van der Waals surface area contributed by atoms with Crippen molar-refractivity contribution in [3.63, 3.8) is 0 Å². The highest BCUT2D eigenvalue weighted by molar-refractivity contribution is 6.31. The highest BCUT2D eigenvalue weighted by atomic mass is 35.5. The summed E-state index contributed by atoms with van der Waals surface area (Å²) in [5, 5.41) is 3.07. The monoisotopic (exact) mass is 418 g/mol. The summed E-state index contributed by atoms with van der Waals surface area (Å²) in [7, 11) is 0. The lowest BCUT2D eigenvalue weighted by Gasteiger charge is -2.29. The van der Waals surface area contributed by atoms with Gasteiger partial charge in [-0.1, -0.05) is 60.8 Å². The molecule has 0 aromatic heterocycles. The number of nitrogens with zero attached hydrogens (tertiary/aromatic N) is 1. The molecule has 2 amide bonds. The highest BCUT2D eigenvalue weighted by Gasteiger charge is 2.27. The molecule has 0 heterocycles. The van der Waals surface area contributed by atoms with Gasteiger partial charge < -0.3 is 10.2 Å². The number of carbonyl (C=O) groups is 2. The van der Waals surface area contributed by atoms with Crippen molar-refractivity contribution in [1.29, 1.82) is 0 Å². The second kappa shape index (κ2) is 11.0. The predicted molar refractivity (Wildman–Crippen MR) is 114 cm³/mol. The molecule has 0 radical (unpaired) electrons. The van der Waals surface area contributed by atoms with Crippen molar-refractivity contribution in [2.75, 3.05) is 6.54 Å². The van der Waals surface area contributed by atoms with Gasteiger partial charge in [-0.25, -0.2) is 4.39 Å². The first-order valence-electron chi connectivity index (χ1n) is 9.89. The normalized spacial score (nSPS) is 11.8. The second-order valence-electron chi connectivity index (χ2n) is 7.21. The maximum atomic E-state index is 14.2. The molecule has 0 aliphatic carbocycles. The zero-order valence-electron chi connectivity index (χ0n) is 17.2. The van der Waals surface area contributed by atoms with Crippen molar-refractivity contribution in [2.45, 2.75) is 52.6 Å². The molecule has 0 aliphatic heterocycles. The number of unbranched alkanes of at least 4 members (excludes halogenated alkanes) is 1. The topological polar surface area (TPSA) is 49.4 Å². The molecule has 0 saturated carbocycles. The summed E-state index contributed by atoms with van der Waals surface area (Å²) in [4.78, 5) is 27.2. The average Bonchev–Trinajstić information content (AvgIpc) is 2.68. The quantitative estimate of drug-likeness (QED) is 0.602. The number of hydrogen-bond acceptors (Lipinski definition) is 2. The van der Waals surface area contributed by atoms with E-state index in [-0.39, 0.29) is 35.4 Å². The largest absolute Gasteiger partial charge is 0.354 e. The van der Waals surface area contributed by atoms with Gasteiger partial charge in [0.2, 0.25) is 11.8 Å². The van der Waals surface area contributed by atoms with E-state index in [1.807, 2.05) is 38.1 Å². The van der Waals surface area contributed by atoms with E-state index in [1.165, 1.54) is 17.0 Å². The van der Waals surface area contributed by atoms with Crippen LogP contribution < -0.4 is 5.32 Å². The van der Waals surface area contributed by atoms with Crippen LogP contribution in [-0.2, 0) is 22.6 Å².